The van der Waals surface area contributed by atoms with Gasteiger partial charge in [-0.25, -0.2) is 14.2 Å². The monoisotopic (exact) mass is 262 g/mol. The highest BCUT2D eigenvalue weighted by atomic mass is 19.1. The Morgan fingerprint density at radius 1 is 1.42 bits per heavy atom. The molecule has 0 saturated carbocycles. The standard InChI is InChI=1S/C14H15FN2O2/c1-3-19-14(18)13-8-16-9-17(13)10(2)11-4-6-12(15)7-5-11/h4-10H,3H2,1-2H3/t10-/m1/s1. The molecule has 19 heavy (non-hydrogen) atoms. The first-order valence-electron chi connectivity index (χ1n) is 6.08. The maximum Gasteiger partial charge on any atom is 0.356 e. The van der Waals surface area contributed by atoms with Crippen molar-refractivity contribution in [2.45, 2.75) is 19.9 Å². The van der Waals surface area contributed by atoms with Crippen LogP contribution in [0.1, 0.15) is 35.9 Å². The zero-order valence-electron chi connectivity index (χ0n) is 10.8. The first-order valence-corrected chi connectivity index (χ1v) is 6.08. The number of nitrogens with zero attached hydrogens (tertiary/aromatic N) is 2. The highest BCUT2D eigenvalue weighted by molar-refractivity contribution is 5.87. The molecule has 4 nitrogen and oxygen atoms in total. The van der Waals surface area contributed by atoms with Crippen molar-refractivity contribution in [3.8, 4) is 0 Å². The van der Waals surface area contributed by atoms with Gasteiger partial charge in [0.2, 0.25) is 0 Å². The van der Waals surface area contributed by atoms with E-state index in [1.54, 1.807) is 30.0 Å². The summed E-state index contributed by atoms with van der Waals surface area (Å²) in [5.41, 5.74) is 1.28. The third-order valence-corrected chi connectivity index (χ3v) is 2.92. The summed E-state index contributed by atoms with van der Waals surface area (Å²) >= 11 is 0. The van der Waals surface area contributed by atoms with E-state index in [0.717, 1.165) is 5.56 Å². The molecule has 5 heteroatoms. The molecule has 0 unspecified atom stereocenters. The van der Waals surface area contributed by atoms with Gasteiger partial charge in [-0.05, 0) is 31.5 Å². The fourth-order valence-corrected chi connectivity index (χ4v) is 1.88. The van der Waals surface area contributed by atoms with Gasteiger partial charge in [-0.2, -0.15) is 0 Å². The van der Waals surface area contributed by atoms with Crippen LogP contribution in [0.2, 0.25) is 0 Å². The van der Waals surface area contributed by atoms with E-state index in [0.29, 0.717) is 12.3 Å². The van der Waals surface area contributed by atoms with Gasteiger partial charge in [-0.1, -0.05) is 12.1 Å². The molecule has 0 aliphatic rings. The number of carbonyl (C=O) groups excluding carboxylic acids is 1. The van der Waals surface area contributed by atoms with Crippen LogP contribution in [0.25, 0.3) is 0 Å². The zero-order valence-corrected chi connectivity index (χ0v) is 10.8. The van der Waals surface area contributed by atoms with E-state index in [-0.39, 0.29) is 11.9 Å². The van der Waals surface area contributed by atoms with Crippen LogP contribution in [0.15, 0.2) is 36.8 Å². The summed E-state index contributed by atoms with van der Waals surface area (Å²) in [6.45, 7) is 3.98. The number of halogens is 1. The van der Waals surface area contributed by atoms with E-state index in [4.69, 9.17) is 4.74 Å². The Kier molecular flexibility index (Phi) is 3.94. The molecule has 0 amide bonds. The van der Waals surface area contributed by atoms with E-state index in [1.165, 1.54) is 18.3 Å². The van der Waals surface area contributed by atoms with Crippen molar-refractivity contribution in [1.29, 1.82) is 0 Å². The molecule has 0 spiro atoms. The molecular weight excluding hydrogens is 247 g/mol. The molecule has 2 rings (SSSR count). The van der Waals surface area contributed by atoms with E-state index >= 15 is 0 Å². The van der Waals surface area contributed by atoms with Crippen LogP contribution in [0.4, 0.5) is 4.39 Å². The lowest BCUT2D eigenvalue weighted by Gasteiger charge is -2.16. The van der Waals surface area contributed by atoms with Crippen LogP contribution in [0, 0.1) is 5.82 Å². The molecule has 0 aliphatic carbocycles. The number of hydrogen-bond donors (Lipinski definition) is 0. The predicted molar refractivity (Wildman–Crippen MR) is 68.4 cm³/mol. The maximum atomic E-state index is 12.9. The highest BCUT2D eigenvalue weighted by Gasteiger charge is 2.17. The molecule has 1 atom stereocenters. The van der Waals surface area contributed by atoms with E-state index in [2.05, 4.69) is 4.98 Å². The molecule has 0 saturated heterocycles. The van der Waals surface area contributed by atoms with Crippen LogP contribution in [0.5, 0.6) is 0 Å². The molecule has 1 aromatic heterocycles. The average Bonchev–Trinajstić information content (AvgIpc) is 2.88. The number of esters is 1. The SMILES string of the molecule is CCOC(=O)c1cncn1[C@H](C)c1ccc(F)cc1. The summed E-state index contributed by atoms with van der Waals surface area (Å²) in [6.07, 6.45) is 3.04. The second kappa shape index (κ2) is 5.65. The molecular formula is C14H15FN2O2. The Labute approximate surface area is 110 Å². The van der Waals surface area contributed by atoms with Crippen molar-refractivity contribution in [1.82, 2.24) is 9.55 Å². The Bertz CT molecular complexity index is 563. The molecule has 2 aromatic rings. The smallest absolute Gasteiger partial charge is 0.356 e. The van der Waals surface area contributed by atoms with E-state index in [1.807, 2.05) is 6.92 Å². The number of benzene rings is 1. The first kappa shape index (κ1) is 13.3. The van der Waals surface area contributed by atoms with Crippen molar-refractivity contribution < 1.29 is 13.9 Å². The van der Waals surface area contributed by atoms with Gasteiger partial charge in [0, 0.05) is 0 Å². The summed E-state index contributed by atoms with van der Waals surface area (Å²) in [7, 11) is 0. The average molecular weight is 262 g/mol. The Morgan fingerprint density at radius 3 is 2.74 bits per heavy atom. The minimum atomic E-state index is -0.408. The Balaban J connectivity index is 2.29. The second-order valence-corrected chi connectivity index (χ2v) is 4.13. The summed E-state index contributed by atoms with van der Waals surface area (Å²) < 4.78 is 19.6. The van der Waals surface area contributed by atoms with Crippen LogP contribution < -0.4 is 0 Å². The fourth-order valence-electron chi connectivity index (χ4n) is 1.88. The van der Waals surface area contributed by atoms with Crippen molar-refractivity contribution in [3.05, 3.63) is 53.9 Å². The predicted octanol–water partition coefficient (Wildman–Crippen LogP) is 2.81. The number of imidazole rings is 1. The summed E-state index contributed by atoms with van der Waals surface area (Å²) in [4.78, 5) is 15.8. The molecule has 100 valence electrons. The van der Waals surface area contributed by atoms with Gasteiger partial charge in [0.15, 0.2) is 0 Å². The van der Waals surface area contributed by atoms with Gasteiger partial charge in [-0.15, -0.1) is 0 Å². The number of hydrogen-bond acceptors (Lipinski definition) is 3. The van der Waals surface area contributed by atoms with Gasteiger partial charge in [0.1, 0.15) is 11.5 Å². The maximum absolute atomic E-state index is 12.9. The Hall–Kier alpha value is -2.17. The van der Waals surface area contributed by atoms with Crippen molar-refractivity contribution in [2.24, 2.45) is 0 Å². The van der Waals surface area contributed by atoms with Gasteiger partial charge in [0.25, 0.3) is 0 Å². The third kappa shape index (κ3) is 2.81. The summed E-state index contributed by atoms with van der Waals surface area (Å²) in [5.74, 6) is -0.693. The fraction of sp³-hybridized carbons (Fsp3) is 0.286. The highest BCUT2D eigenvalue weighted by Crippen LogP contribution is 2.20. The molecule has 0 aliphatic heterocycles. The van der Waals surface area contributed by atoms with Crippen molar-refractivity contribution >= 4 is 5.97 Å². The number of carbonyl (C=O) groups is 1. The molecule has 0 radical (unpaired) electrons. The minimum Gasteiger partial charge on any atom is -0.461 e. The lowest BCUT2D eigenvalue weighted by molar-refractivity contribution is 0.0512. The van der Waals surface area contributed by atoms with Gasteiger partial charge in [0.05, 0.1) is 25.2 Å². The zero-order chi connectivity index (χ0) is 13.8. The molecule has 0 N–H and O–H groups in total. The van der Waals surface area contributed by atoms with Gasteiger partial charge in [-0.3, -0.25) is 0 Å². The van der Waals surface area contributed by atoms with Crippen LogP contribution in [-0.4, -0.2) is 22.1 Å². The summed E-state index contributed by atoms with van der Waals surface area (Å²) in [5, 5.41) is 0. The summed E-state index contributed by atoms with van der Waals surface area (Å²) in [6, 6.07) is 6.05. The molecule has 1 heterocycles. The third-order valence-electron chi connectivity index (χ3n) is 2.92. The van der Waals surface area contributed by atoms with E-state index in [9.17, 15) is 9.18 Å². The number of ether oxygens (including phenoxy) is 1. The second-order valence-electron chi connectivity index (χ2n) is 4.13. The van der Waals surface area contributed by atoms with E-state index < -0.39 is 5.97 Å². The Morgan fingerprint density at radius 2 is 2.11 bits per heavy atom. The molecule has 0 fully saturated rings. The topological polar surface area (TPSA) is 44.1 Å². The number of aromatic nitrogens is 2. The molecule has 1 aromatic carbocycles. The van der Waals surface area contributed by atoms with Crippen molar-refractivity contribution in [3.63, 3.8) is 0 Å². The van der Waals surface area contributed by atoms with Gasteiger partial charge >= 0.3 is 5.97 Å². The van der Waals surface area contributed by atoms with Crippen LogP contribution >= 0.6 is 0 Å². The first-order chi connectivity index (χ1) is 9.13. The quantitative estimate of drug-likeness (QED) is 0.796. The normalized spacial score (nSPS) is 12.2. The van der Waals surface area contributed by atoms with Gasteiger partial charge < -0.3 is 9.30 Å². The largest absolute Gasteiger partial charge is 0.461 e. The lowest BCUT2D eigenvalue weighted by atomic mass is 10.1. The lowest BCUT2D eigenvalue weighted by Crippen LogP contribution is -2.15. The minimum absolute atomic E-state index is 0.123. The van der Waals surface area contributed by atoms with Crippen molar-refractivity contribution in [2.75, 3.05) is 6.61 Å². The van der Waals surface area contributed by atoms with Crippen LogP contribution in [-0.2, 0) is 4.74 Å². The number of rotatable bonds is 4. The molecule has 0 bridgehead atoms. The van der Waals surface area contributed by atoms with Crippen LogP contribution in [0.3, 0.4) is 0 Å².